The second kappa shape index (κ2) is 9.60. The summed E-state index contributed by atoms with van der Waals surface area (Å²) in [7, 11) is 1.52. The number of phenols is 1. The number of thiocarbonyl (C=S) groups is 1. The van der Waals surface area contributed by atoms with Crippen LogP contribution in [0.15, 0.2) is 89.1 Å². The topological polar surface area (TPSA) is 83.7 Å². The van der Waals surface area contributed by atoms with Crippen LogP contribution in [0.25, 0.3) is 17.0 Å². The number of methoxy groups -OCH3 is 1. The lowest BCUT2D eigenvalue weighted by molar-refractivity contribution is 0.372. The molecule has 1 unspecified atom stereocenters. The summed E-state index contributed by atoms with van der Waals surface area (Å²) >= 11 is 5.77. The summed E-state index contributed by atoms with van der Waals surface area (Å²) in [6.07, 6.45) is 0. The Morgan fingerprint density at radius 3 is 2.46 bits per heavy atom. The average molecular weight is 485 g/mol. The maximum atomic E-state index is 10.4. The van der Waals surface area contributed by atoms with Gasteiger partial charge in [-0.25, -0.2) is 0 Å². The molecule has 7 nitrogen and oxygen atoms in total. The zero-order valence-electron chi connectivity index (χ0n) is 19.3. The third-order valence-electron chi connectivity index (χ3n) is 6.00. The van der Waals surface area contributed by atoms with Gasteiger partial charge >= 0.3 is 0 Å². The van der Waals surface area contributed by atoms with Crippen molar-refractivity contribution < 1.29 is 14.4 Å². The predicted molar refractivity (Wildman–Crippen MR) is 137 cm³/mol. The van der Waals surface area contributed by atoms with Gasteiger partial charge in [-0.1, -0.05) is 71.9 Å². The highest BCUT2D eigenvalue weighted by Gasteiger charge is 2.34. The number of hydrogen-bond acceptors (Lipinski definition) is 6. The lowest BCUT2D eigenvalue weighted by Gasteiger charge is -2.37. The molecule has 3 aromatic carbocycles. The number of ether oxygens (including phenoxy) is 1. The van der Waals surface area contributed by atoms with E-state index in [2.05, 4.69) is 22.6 Å². The van der Waals surface area contributed by atoms with Crippen molar-refractivity contribution in [1.82, 2.24) is 20.4 Å². The van der Waals surface area contributed by atoms with Crippen molar-refractivity contribution in [2.75, 3.05) is 7.11 Å². The summed E-state index contributed by atoms with van der Waals surface area (Å²) in [5.74, 6) is 1.32. The fraction of sp³-hybridized carbons (Fsp3) is 0.148. The molecule has 0 saturated heterocycles. The Morgan fingerprint density at radius 2 is 1.77 bits per heavy atom. The Morgan fingerprint density at radius 1 is 1.06 bits per heavy atom. The van der Waals surface area contributed by atoms with Crippen molar-refractivity contribution in [1.29, 1.82) is 0 Å². The number of aromatic hydroxyl groups is 1. The molecule has 1 atom stereocenters. The molecular formula is C27H24N4O3S. The number of benzene rings is 3. The summed E-state index contributed by atoms with van der Waals surface area (Å²) < 4.78 is 11.0. The van der Waals surface area contributed by atoms with Crippen LogP contribution >= 0.6 is 12.2 Å². The number of nitrogens with one attached hydrogen (secondary N) is 1. The van der Waals surface area contributed by atoms with E-state index in [0.29, 0.717) is 29.1 Å². The van der Waals surface area contributed by atoms with Gasteiger partial charge in [-0.3, -0.25) is 0 Å². The first-order chi connectivity index (χ1) is 17.0. The molecule has 4 aromatic rings. The molecule has 8 heteroatoms. The SMILES string of the molecule is COc1ccc(C2NC(=S)N(Cc3ccccc3)C(C)=C2c2nc(-c3ccccc3)no2)cc1O. The number of hydrogen-bond donors (Lipinski definition) is 2. The molecule has 2 N–H and O–H groups in total. The van der Waals surface area contributed by atoms with Gasteiger partial charge in [0.2, 0.25) is 5.82 Å². The van der Waals surface area contributed by atoms with E-state index in [1.54, 1.807) is 12.1 Å². The standard InChI is InChI=1S/C27H24N4O3S/c1-17-23(26-29-25(30-34-26)19-11-7-4-8-12-19)24(20-13-14-22(33-2)21(32)15-20)28-27(35)31(17)16-18-9-5-3-6-10-18/h3-15,24,32H,16H2,1-2H3,(H,28,35). The van der Waals surface area contributed by atoms with Crippen molar-refractivity contribution in [3.63, 3.8) is 0 Å². The first-order valence-electron chi connectivity index (χ1n) is 11.1. The first kappa shape index (κ1) is 22.6. The van der Waals surface area contributed by atoms with Crippen LogP contribution in [0.1, 0.15) is 30.0 Å². The normalized spacial score (nSPS) is 15.8. The van der Waals surface area contributed by atoms with Crippen LogP contribution in [0.5, 0.6) is 11.5 Å². The molecule has 0 spiro atoms. The van der Waals surface area contributed by atoms with Crippen LogP contribution in [0.4, 0.5) is 0 Å². The van der Waals surface area contributed by atoms with Crippen molar-refractivity contribution >= 4 is 22.9 Å². The smallest absolute Gasteiger partial charge is 0.258 e. The molecular weight excluding hydrogens is 460 g/mol. The van der Waals surface area contributed by atoms with E-state index in [1.807, 2.05) is 66.4 Å². The van der Waals surface area contributed by atoms with E-state index in [1.165, 1.54) is 7.11 Å². The molecule has 0 bridgehead atoms. The van der Waals surface area contributed by atoms with Crippen LogP contribution in [0.3, 0.4) is 0 Å². The minimum Gasteiger partial charge on any atom is -0.504 e. The van der Waals surface area contributed by atoms with Crippen molar-refractivity contribution in [2.45, 2.75) is 19.5 Å². The van der Waals surface area contributed by atoms with Crippen molar-refractivity contribution in [3.8, 4) is 22.9 Å². The fourth-order valence-corrected chi connectivity index (χ4v) is 4.51. The Kier molecular flexibility index (Phi) is 6.20. The molecule has 35 heavy (non-hydrogen) atoms. The van der Waals surface area contributed by atoms with Gasteiger partial charge in [-0.15, -0.1) is 0 Å². The lowest BCUT2D eigenvalue weighted by Crippen LogP contribution is -2.45. The van der Waals surface area contributed by atoms with Gasteiger partial charge < -0.3 is 24.6 Å². The highest BCUT2D eigenvalue weighted by molar-refractivity contribution is 7.80. The monoisotopic (exact) mass is 484 g/mol. The average Bonchev–Trinajstić information content (AvgIpc) is 3.37. The molecule has 0 radical (unpaired) electrons. The molecule has 5 rings (SSSR count). The number of allylic oxidation sites excluding steroid dienone is 1. The van der Waals surface area contributed by atoms with E-state index in [-0.39, 0.29) is 5.75 Å². The largest absolute Gasteiger partial charge is 0.504 e. The molecule has 1 aliphatic rings. The van der Waals surface area contributed by atoms with Gasteiger partial charge in [-0.2, -0.15) is 4.98 Å². The molecule has 0 aliphatic carbocycles. The van der Waals surface area contributed by atoms with Gasteiger partial charge in [0.1, 0.15) is 0 Å². The van der Waals surface area contributed by atoms with Gasteiger partial charge in [0.25, 0.3) is 5.89 Å². The van der Waals surface area contributed by atoms with Gasteiger partial charge in [-0.05, 0) is 42.4 Å². The molecule has 0 fully saturated rings. The number of phenolic OH excluding ortho intramolecular Hbond substituents is 1. The van der Waals surface area contributed by atoms with Gasteiger partial charge in [0, 0.05) is 17.8 Å². The zero-order chi connectivity index (χ0) is 24.4. The minimum absolute atomic E-state index is 0.0388. The number of aromatic nitrogens is 2. The van der Waals surface area contributed by atoms with E-state index < -0.39 is 6.04 Å². The third kappa shape index (κ3) is 4.48. The summed E-state index contributed by atoms with van der Waals surface area (Å²) in [6, 6.07) is 24.6. The van der Waals surface area contributed by atoms with Crippen molar-refractivity contribution in [3.05, 3.63) is 102 Å². The van der Waals surface area contributed by atoms with Crippen LogP contribution < -0.4 is 10.1 Å². The Labute approximate surface area is 208 Å². The van der Waals surface area contributed by atoms with E-state index in [0.717, 1.165) is 28.0 Å². The highest BCUT2D eigenvalue weighted by atomic mass is 32.1. The Hall–Kier alpha value is -4.17. The molecule has 0 amide bonds. The zero-order valence-corrected chi connectivity index (χ0v) is 20.1. The molecule has 176 valence electrons. The Balaban J connectivity index is 1.61. The van der Waals surface area contributed by atoms with Crippen LogP contribution in [0, 0.1) is 0 Å². The van der Waals surface area contributed by atoms with Gasteiger partial charge in [0.05, 0.1) is 18.7 Å². The summed E-state index contributed by atoms with van der Waals surface area (Å²) in [4.78, 5) is 6.74. The third-order valence-corrected chi connectivity index (χ3v) is 6.34. The van der Waals surface area contributed by atoms with Gasteiger partial charge in [0.15, 0.2) is 16.6 Å². The minimum atomic E-state index is -0.407. The highest BCUT2D eigenvalue weighted by Crippen LogP contribution is 2.40. The maximum absolute atomic E-state index is 10.4. The number of rotatable bonds is 6. The fourth-order valence-electron chi connectivity index (χ4n) is 4.19. The second-order valence-electron chi connectivity index (χ2n) is 8.17. The lowest BCUT2D eigenvalue weighted by atomic mass is 9.94. The summed E-state index contributed by atoms with van der Waals surface area (Å²) in [5.41, 5.74) is 4.44. The Bertz CT molecular complexity index is 1390. The first-order valence-corrected chi connectivity index (χ1v) is 11.5. The predicted octanol–water partition coefficient (Wildman–Crippen LogP) is 5.31. The molecule has 1 aromatic heterocycles. The molecule has 1 aliphatic heterocycles. The van der Waals surface area contributed by atoms with E-state index in [9.17, 15) is 5.11 Å². The summed E-state index contributed by atoms with van der Waals surface area (Å²) in [5, 5.41) is 18.7. The van der Waals surface area contributed by atoms with Crippen LogP contribution in [0.2, 0.25) is 0 Å². The van der Waals surface area contributed by atoms with Crippen LogP contribution in [-0.2, 0) is 6.54 Å². The molecule has 2 heterocycles. The maximum Gasteiger partial charge on any atom is 0.258 e. The van der Waals surface area contributed by atoms with E-state index >= 15 is 0 Å². The van der Waals surface area contributed by atoms with Crippen LogP contribution in [-0.4, -0.2) is 32.4 Å². The van der Waals surface area contributed by atoms with Crippen molar-refractivity contribution in [2.24, 2.45) is 0 Å². The van der Waals surface area contributed by atoms with E-state index in [4.69, 9.17) is 26.5 Å². The summed E-state index contributed by atoms with van der Waals surface area (Å²) in [6.45, 7) is 2.58. The second-order valence-corrected chi connectivity index (χ2v) is 8.56. The quantitative estimate of drug-likeness (QED) is 0.356. The molecule has 0 saturated carbocycles. The number of nitrogens with zero attached hydrogens (tertiary/aromatic N) is 3.